The number of fused-ring (bicyclic) bond motifs is 1. The highest BCUT2D eigenvalue weighted by atomic mass is 19.3. The first kappa shape index (κ1) is 13.0. The lowest BCUT2D eigenvalue weighted by Gasteiger charge is -2.14. The van der Waals surface area contributed by atoms with Crippen LogP contribution in [0.5, 0.6) is 0 Å². The Morgan fingerprint density at radius 2 is 2.11 bits per heavy atom. The number of para-hydroxylation sites is 1. The SMILES string of the molecule is CCCNC(c1cc2cccc(F)c2o1)C(F)F. The second-order valence-electron chi connectivity index (χ2n) is 4.07. The van der Waals surface area contributed by atoms with Crippen LogP contribution in [0.3, 0.4) is 0 Å². The molecular formula is C13H14F3NO. The molecule has 5 heteroatoms. The smallest absolute Gasteiger partial charge is 0.260 e. The Labute approximate surface area is 103 Å². The Kier molecular flexibility index (Phi) is 3.91. The molecule has 1 atom stereocenters. The first-order valence-electron chi connectivity index (χ1n) is 5.83. The average Bonchev–Trinajstić information content (AvgIpc) is 2.74. The van der Waals surface area contributed by atoms with E-state index in [1.54, 1.807) is 6.07 Å². The highest BCUT2D eigenvalue weighted by Gasteiger charge is 2.25. The third-order valence-electron chi connectivity index (χ3n) is 2.69. The van der Waals surface area contributed by atoms with Crippen molar-refractivity contribution in [2.24, 2.45) is 0 Å². The quantitative estimate of drug-likeness (QED) is 0.879. The molecular weight excluding hydrogens is 243 g/mol. The maximum Gasteiger partial charge on any atom is 0.260 e. The topological polar surface area (TPSA) is 25.2 Å². The fourth-order valence-electron chi connectivity index (χ4n) is 1.81. The molecule has 0 aliphatic carbocycles. The van der Waals surface area contributed by atoms with Crippen molar-refractivity contribution in [1.29, 1.82) is 0 Å². The van der Waals surface area contributed by atoms with Crippen LogP contribution in [-0.4, -0.2) is 13.0 Å². The molecule has 0 saturated heterocycles. The lowest BCUT2D eigenvalue weighted by atomic mass is 10.2. The number of rotatable bonds is 5. The minimum absolute atomic E-state index is 0.0245. The Bertz CT molecular complexity index is 524. The monoisotopic (exact) mass is 257 g/mol. The second-order valence-corrected chi connectivity index (χ2v) is 4.07. The third kappa shape index (κ3) is 2.51. The molecule has 0 aliphatic rings. The molecule has 0 spiro atoms. The van der Waals surface area contributed by atoms with E-state index < -0.39 is 18.3 Å². The first-order chi connectivity index (χ1) is 8.63. The Morgan fingerprint density at radius 3 is 2.72 bits per heavy atom. The van der Waals surface area contributed by atoms with Crippen LogP contribution in [0.1, 0.15) is 25.1 Å². The largest absolute Gasteiger partial charge is 0.456 e. The van der Waals surface area contributed by atoms with Gasteiger partial charge in [0.25, 0.3) is 6.43 Å². The Hall–Kier alpha value is -1.49. The number of hydrogen-bond donors (Lipinski definition) is 1. The zero-order valence-electron chi connectivity index (χ0n) is 9.92. The fraction of sp³-hybridized carbons (Fsp3) is 0.385. The molecule has 0 radical (unpaired) electrons. The minimum atomic E-state index is -2.60. The van der Waals surface area contributed by atoms with Crippen molar-refractivity contribution in [1.82, 2.24) is 5.32 Å². The van der Waals surface area contributed by atoms with E-state index in [-0.39, 0.29) is 11.3 Å². The van der Waals surface area contributed by atoms with Gasteiger partial charge in [0.1, 0.15) is 11.8 Å². The van der Waals surface area contributed by atoms with E-state index in [4.69, 9.17) is 4.42 Å². The number of hydrogen-bond acceptors (Lipinski definition) is 2. The normalized spacial score (nSPS) is 13.4. The molecule has 2 aromatic rings. The van der Waals surface area contributed by atoms with Crippen LogP contribution in [0.15, 0.2) is 28.7 Å². The highest BCUT2D eigenvalue weighted by molar-refractivity contribution is 5.78. The summed E-state index contributed by atoms with van der Waals surface area (Å²) in [5.41, 5.74) is 0.0245. The molecule has 2 nitrogen and oxygen atoms in total. The summed E-state index contributed by atoms with van der Waals surface area (Å²) in [4.78, 5) is 0. The van der Waals surface area contributed by atoms with Gasteiger partial charge in [-0.2, -0.15) is 0 Å². The average molecular weight is 257 g/mol. The zero-order chi connectivity index (χ0) is 13.1. The van der Waals surface area contributed by atoms with Gasteiger partial charge in [-0.3, -0.25) is 0 Å². The summed E-state index contributed by atoms with van der Waals surface area (Å²) >= 11 is 0. The minimum Gasteiger partial charge on any atom is -0.456 e. The summed E-state index contributed by atoms with van der Waals surface area (Å²) < 4.78 is 44.5. The maximum absolute atomic E-state index is 13.4. The summed E-state index contributed by atoms with van der Waals surface area (Å²) in [6, 6.07) is 4.66. The van der Waals surface area contributed by atoms with Crippen molar-refractivity contribution in [2.75, 3.05) is 6.54 Å². The van der Waals surface area contributed by atoms with Gasteiger partial charge in [0, 0.05) is 5.39 Å². The number of furan rings is 1. The molecule has 1 heterocycles. The molecule has 98 valence electrons. The fourth-order valence-corrected chi connectivity index (χ4v) is 1.81. The van der Waals surface area contributed by atoms with Crippen molar-refractivity contribution in [3.63, 3.8) is 0 Å². The van der Waals surface area contributed by atoms with Gasteiger partial charge in [-0.1, -0.05) is 19.1 Å². The summed E-state index contributed by atoms with van der Waals surface area (Å²) in [6.07, 6.45) is -1.86. The molecule has 1 aromatic heterocycles. The summed E-state index contributed by atoms with van der Waals surface area (Å²) in [5.74, 6) is -0.471. The summed E-state index contributed by atoms with van der Waals surface area (Å²) in [7, 11) is 0. The predicted octanol–water partition coefficient (Wildman–Crippen LogP) is 3.88. The van der Waals surface area contributed by atoms with Crippen molar-refractivity contribution in [3.8, 4) is 0 Å². The van der Waals surface area contributed by atoms with Gasteiger partial charge in [-0.05, 0) is 25.1 Å². The highest BCUT2D eigenvalue weighted by Crippen LogP contribution is 2.28. The van der Waals surface area contributed by atoms with Crippen molar-refractivity contribution >= 4 is 11.0 Å². The van der Waals surface area contributed by atoms with E-state index in [9.17, 15) is 13.2 Å². The molecule has 1 N–H and O–H groups in total. The van der Waals surface area contributed by atoms with Crippen LogP contribution in [0.4, 0.5) is 13.2 Å². The second kappa shape index (κ2) is 5.44. The van der Waals surface area contributed by atoms with Gasteiger partial charge < -0.3 is 9.73 Å². The maximum atomic E-state index is 13.4. The van der Waals surface area contributed by atoms with Crippen LogP contribution in [-0.2, 0) is 0 Å². The van der Waals surface area contributed by atoms with E-state index in [0.29, 0.717) is 11.9 Å². The van der Waals surface area contributed by atoms with E-state index in [1.165, 1.54) is 18.2 Å². The Morgan fingerprint density at radius 1 is 1.33 bits per heavy atom. The molecule has 1 aromatic carbocycles. The zero-order valence-corrected chi connectivity index (χ0v) is 9.92. The van der Waals surface area contributed by atoms with Crippen LogP contribution in [0, 0.1) is 5.82 Å². The molecule has 0 fully saturated rings. The van der Waals surface area contributed by atoms with E-state index in [0.717, 1.165) is 6.42 Å². The molecule has 0 amide bonds. The number of alkyl halides is 2. The first-order valence-corrected chi connectivity index (χ1v) is 5.83. The summed E-state index contributed by atoms with van der Waals surface area (Å²) in [6.45, 7) is 2.34. The third-order valence-corrected chi connectivity index (χ3v) is 2.69. The molecule has 1 unspecified atom stereocenters. The predicted molar refractivity (Wildman–Crippen MR) is 63.2 cm³/mol. The van der Waals surface area contributed by atoms with E-state index in [1.807, 2.05) is 6.92 Å². The lowest BCUT2D eigenvalue weighted by Crippen LogP contribution is -2.27. The van der Waals surface area contributed by atoms with Gasteiger partial charge in [-0.25, -0.2) is 13.2 Å². The van der Waals surface area contributed by atoms with Crippen LogP contribution < -0.4 is 5.32 Å². The van der Waals surface area contributed by atoms with Crippen molar-refractivity contribution < 1.29 is 17.6 Å². The van der Waals surface area contributed by atoms with Crippen LogP contribution >= 0.6 is 0 Å². The van der Waals surface area contributed by atoms with Gasteiger partial charge >= 0.3 is 0 Å². The molecule has 0 bridgehead atoms. The standard InChI is InChI=1S/C13H14F3NO/c1-2-6-17-11(13(15)16)10-7-8-4-3-5-9(14)12(8)18-10/h3-5,7,11,13,17H,2,6H2,1H3. The van der Waals surface area contributed by atoms with Gasteiger partial charge in [0.05, 0.1) is 0 Å². The molecule has 0 aliphatic heterocycles. The van der Waals surface area contributed by atoms with Crippen LogP contribution in [0.25, 0.3) is 11.0 Å². The van der Waals surface area contributed by atoms with E-state index >= 15 is 0 Å². The van der Waals surface area contributed by atoms with Crippen molar-refractivity contribution in [2.45, 2.75) is 25.8 Å². The molecule has 2 rings (SSSR count). The van der Waals surface area contributed by atoms with Gasteiger partial charge in [0.15, 0.2) is 11.4 Å². The summed E-state index contributed by atoms with van der Waals surface area (Å²) in [5, 5.41) is 3.19. The van der Waals surface area contributed by atoms with Crippen molar-refractivity contribution in [3.05, 3.63) is 35.8 Å². The molecule has 0 saturated carbocycles. The number of halogens is 3. The van der Waals surface area contributed by atoms with Crippen LogP contribution in [0.2, 0.25) is 0 Å². The number of benzene rings is 1. The molecule has 18 heavy (non-hydrogen) atoms. The Balaban J connectivity index is 2.35. The number of nitrogens with one attached hydrogen (secondary N) is 1. The lowest BCUT2D eigenvalue weighted by molar-refractivity contribution is 0.0888. The van der Waals surface area contributed by atoms with Gasteiger partial charge in [0.2, 0.25) is 0 Å². The van der Waals surface area contributed by atoms with E-state index in [2.05, 4.69) is 5.32 Å². The van der Waals surface area contributed by atoms with Gasteiger partial charge in [-0.15, -0.1) is 0 Å².